The fourth-order valence-electron chi connectivity index (χ4n) is 2.51. The van der Waals surface area contributed by atoms with Crippen LogP contribution in [0.2, 0.25) is 0 Å². The van der Waals surface area contributed by atoms with Gasteiger partial charge < -0.3 is 0 Å². The van der Waals surface area contributed by atoms with Crippen LogP contribution in [0.1, 0.15) is 0 Å². The quantitative estimate of drug-likeness (QED) is 0.342. The van der Waals surface area contributed by atoms with Gasteiger partial charge in [0.1, 0.15) is 0 Å². The summed E-state index contributed by atoms with van der Waals surface area (Å²) in [5.41, 5.74) is 0. The van der Waals surface area contributed by atoms with E-state index in [1.54, 1.807) is 43.5 Å². The van der Waals surface area contributed by atoms with Crippen LogP contribution in [0.3, 0.4) is 0 Å². The zero-order valence-electron chi connectivity index (χ0n) is 9.99. The summed E-state index contributed by atoms with van der Waals surface area (Å²) in [6, 6.07) is 13.4. The molecule has 2 nitrogen and oxygen atoms in total. The maximum Gasteiger partial charge on any atom is 0.0874 e. The summed E-state index contributed by atoms with van der Waals surface area (Å²) in [6.07, 6.45) is 0. The van der Waals surface area contributed by atoms with Gasteiger partial charge in [0.25, 0.3) is 0 Å². The molecule has 2 aliphatic heterocycles. The molecule has 2 heterocycles. The second-order valence-corrected chi connectivity index (χ2v) is 8.46. The Morgan fingerprint density at radius 1 is 0.550 bits per heavy atom. The maximum atomic E-state index is 4.44. The molecule has 0 unspecified atom stereocenters. The van der Waals surface area contributed by atoms with Crippen molar-refractivity contribution in [2.45, 2.75) is 9.79 Å². The van der Waals surface area contributed by atoms with Crippen molar-refractivity contribution in [2.75, 3.05) is 0 Å². The Balaban J connectivity index is 1.91. The lowest BCUT2D eigenvalue weighted by Crippen LogP contribution is -2.01. The number of benzene rings is 3. The van der Waals surface area contributed by atoms with Crippen molar-refractivity contribution in [3.05, 3.63) is 47.1 Å². The highest BCUT2D eigenvalue weighted by Gasteiger charge is 2.11. The van der Waals surface area contributed by atoms with Gasteiger partial charge in [0, 0.05) is 31.8 Å². The molecule has 0 saturated heterocycles. The number of hydrogen-bond donors (Lipinski definition) is 0. The van der Waals surface area contributed by atoms with E-state index in [0.717, 1.165) is 10.7 Å². The highest BCUT2D eigenvalue weighted by molar-refractivity contribution is 8.76. The second kappa shape index (κ2) is 4.34. The fraction of sp³-hybridized carbons (Fsp3) is 0. The Hall–Kier alpha value is -0.820. The zero-order valence-corrected chi connectivity index (χ0v) is 13.3. The van der Waals surface area contributed by atoms with Crippen LogP contribution in [-0.4, -0.2) is 0 Å². The SMILES string of the molecule is c1c2c(cc3cc4cc5c(cc4cc13)=NSS5)=NSS2. The van der Waals surface area contributed by atoms with Crippen molar-refractivity contribution in [1.82, 2.24) is 0 Å². The number of rotatable bonds is 0. The summed E-state index contributed by atoms with van der Waals surface area (Å²) < 4.78 is 8.89. The largest absolute Gasteiger partial charge is 0.204 e. The summed E-state index contributed by atoms with van der Waals surface area (Å²) in [5, 5.41) is 7.28. The first-order valence-electron chi connectivity index (χ1n) is 6.02. The van der Waals surface area contributed by atoms with Gasteiger partial charge in [-0.2, -0.15) is 0 Å². The molecular formula is C14H6N2S4. The van der Waals surface area contributed by atoms with E-state index in [1.807, 2.05) is 0 Å². The van der Waals surface area contributed by atoms with Crippen molar-refractivity contribution in [3.8, 4) is 0 Å². The lowest BCUT2D eigenvalue weighted by molar-refractivity contribution is 1.33. The summed E-state index contributed by atoms with van der Waals surface area (Å²) in [6.45, 7) is 0. The van der Waals surface area contributed by atoms with Crippen molar-refractivity contribution in [1.29, 1.82) is 0 Å². The molecule has 0 amide bonds. The molecule has 3 aromatic carbocycles. The molecule has 0 saturated carbocycles. The topological polar surface area (TPSA) is 24.7 Å². The molecule has 0 atom stereocenters. The molecular weight excluding hydrogens is 324 g/mol. The molecule has 0 aromatic heterocycles. The summed E-state index contributed by atoms with van der Waals surface area (Å²) in [7, 11) is 6.58. The van der Waals surface area contributed by atoms with Gasteiger partial charge in [0.15, 0.2) is 0 Å². The van der Waals surface area contributed by atoms with E-state index in [2.05, 4.69) is 45.2 Å². The predicted molar refractivity (Wildman–Crippen MR) is 90.7 cm³/mol. The molecule has 0 fully saturated rings. The third-order valence-electron chi connectivity index (χ3n) is 3.48. The molecule has 0 N–H and O–H groups in total. The van der Waals surface area contributed by atoms with E-state index >= 15 is 0 Å². The zero-order chi connectivity index (χ0) is 13.1. The Bertz CT molecular complexity index is 930. The second-order valence-electron chi connectivity index (χ2n) is 4.68. The van der Waals surface area contributed by atoms with Gasteiger partial charge >= 0.3 is 0 Å². The molecule has 0 bridgehead atoms. The van der Waals surface area contributed by atoms with Crippen LogP contribution < -0.4 is 10.7 Å². The monoisotopic (exact) mass is 330 g/mol. The van der Waals surface area contributed by atoms with Crippen LogP contribution in [0.25, 0.3) is 21.5 Å². The van der Waals surface area contributed by atoms with Gasteiger partial charge in [-0.05, 0) is 79.5 Å². The molecule has 2 aliphatic rings. The molecule has 0 spiro atoms. The Morgan fingerprint density at radius 3 is 1.50 bits per heavy atom. The van der Waals surface area contributed by atoms with Gasteiger partial charge in [-0.15, -0.1) is 0 Å². The third kappa shape index (κ3) is 1.72. The van der Waals surface area contributed by atoms with Crippen LogP contribution in [-0.2, 0) is 0 Å². The summed E-state index contributed by atoms with van der Waals surface area (Å²) in [5.74, 6) is 0. The minimum absolute atomic E-state index is 1.10. The van der Waals surface area contributed by atoms with E-state index in [0.29, 0.717) is 0 Å². The third-order valence-corrected chi connectivity index (χ3v) is 7.15. The normalized spacial score (nSPS) is 16.0. The number of fused-ring (bicyclic) bond motifs is 4. The van der Waals surface area contributed by atoms with Crippen LogP contribution >= 0.6 is 43.5 Å². The van der Waals surface area contributed by atoms with Gasteiger partial charge in [-0.1, -0.05) is 0 Å². The van der Waals surface area contributed by atoms with Crippen molar-refractivity contribution in [2.24, 2.45) is 8.80 Å². The molecule has 20 heavy (non-hydrogen) atoms. The van der Waals surface area contributed by atoms with Gasteiger partial charge in [-0.3, -0.25) is 0 Å². The average molecular weight is 330 g/mol. The highest BCUT2D eigenvalue weighted by atomic mass is 33.1. The van der Waals surface area contributed by atoms with E-state index in [-0.39, 0.29) is 0 Å². The average Bonchev–Trinajstić information content (AvgIpc) is 3.07. The molecule has 96 valence electrons. The number of hydrogen-bond acceptors (Lipinski definition) is 6. The van der Waals surface area contributed by atoms with Crippen LogP contribution in [0, 0.1) is 0 Å². The standard InChI is InChI=1S/C14H6N2S4/c1-7-3-11-14(18-19-15-11)6-10(7)2-8-4-12-13(5-9(1)8)17-20-16-12/h1-6H. The minimum atomic E-state index is 1.10. The van der Waals surface area contributed by atoms with E-state index in [4.69, 9.17) is 0 Å². The van der Waals surface area contributed by atoms with Crippen LogP contribution in [0.15, 0.2) is 55.0 Å². The Kier molecular flexibility index (Phi) is 2.56. The Morgan fingerprint density at radius 2 is 1.00 bits per heavy atom. The molecule has 0 aliphatic carbocycles. The van der Waals surface area contributed by atoms with Crippen molar-refractivity contribution in [3.63, 3.8) is 0 Å². The Labute approximate surface area is 130 Å². The van der Waals surface area contributed by atoms with E-state index in [1.165, 1.54) is 31.3 Å². The maximum absolute atomic E-state index is 4.44. The minimum Gasteiger partial charge on any atom is -0.204 e. The van der Waals surface area contributed by atoms with Gasteiger partial charge in [0.2, 0.25) is 0 Å². The summed E-state index contributed by atoms with van der Waals surface area (Å²) >= 11 is 0. The molecule has 6 heteroatoms. The van der Waals surface area contributed by atoms with Crippen LogP contribution in [0.5, 0.6) is 0 Å². The van der Waals surface area contributed by atoms with Gasteiger partial charge in [0.05, 0.1) is 10.7 Å². The molecule has 0 radical (unpaired) electrons. The molecule has 5 rings (SSSR count). The summed E-state index contributed by atoms with van der Waals surface area (Å²) in [4.78, 5) is 2.53. The van der Waals surface area contributed by atoms with Crippen molar-refractivity contribution >= 4 is 65.1 Å². The first kappa shape index (κ1) is 11.8. The molecule has 3 aromatic rings. The number of nitrogens with zero attached hydrogens (tertiary/aromatic N) is 2. The van der Waals surface area contributed by atoms with Gasteiger partial charge in [-0.25, -0.2) is 8.80 Å². The lowest BCUT2D eigenvalue weighted by atomic mass is 10.0. The highest BCUT2D eigenvalue weighted by Crippen LogP contribution is 2.38. The predicted octanol–water partition coefficient (Wildman–Crippen LogP) is 4.57. The van der Waals surface area contributed by atoms with E-state index in [9.17, 15) is 0 Å². The first-order chi connectivity index (χ1) is 9.87. The van der Waals surface area contributed by atoms with Crippen molar-refractivity contribution < 1.29 is 0 Å². The fourth-order valence-corrected chi connectivity index (χ4v) is 6.04. The van der Waals surface area contributed by atoms with E-state index < -0.39 is 0 Å². The lowest BCUT2D eigenvalue weighted by Gasteiger charge is -2.04. The van der Waals surface area contributed by atoms with Crippen LogP contribution in [0.4, 0.5) is 0 Å². The first-order valence-corrected chi connectivity index (χ1v) is 10.2. The smallest absolute Gasteiger partial charge is 0.0874 e.